The number of rotatable bonds is 46. The van der Waals surface area contributed by atoms with Gasteiger partial charge in [-0.3, -0.25) is 66.7 Å². The van der Waals surface area contributed by atoms with Gasteiger partial charge in [0.15, 0.2) is 11.5 Å². The van der Waals surface area contributed by atoms with E-state index in [9.17, 15) is 120 Å². The topological polar surface area (TPSA) is 627 Å². The molecule has 10 rings (SSSR count). The number of benzene rings is 5. The van der Waals surface area contributed by atoms with Crippen molar-refractivity contribution in [2.45, 2.75) is 240 Å². The van der Waals surface area contributed by atoms with Crippen molar-refractivity contribution in [3.8, 4) is 0 Å². The number of hydrogen-bond acceptors (Lipinski definition) is 24. The molecule has 0 spiro atoms. The first-order chi connectivity index (χ1) is 65.2. The molecule has 139 heavy (non-hydrogen) atoms. The maximum absolute atomic E-state index is 14.7. The number of carbonyl (C=O) groups is 11. The van der Waals surface area contributed by atoms with Gasteiger partial charge < -0.3 is 78.7 Å². The predicted molar refractivity (Wildman–Crippen MR) is 519 cm³/mol. The zero-order valence-corrected chi connectivity index (χ0v) is 81.8. The number of nitrogens with one attached hydrogen (secondary N) is 8. The molecule has 5 atom stereocenters. The van der Waals surface area contributed by atoms with Crippen LogP contribution in [-0.2, 0) is 89.7 Å². The summed E-state index contributed by atoms with van der Waals surface area (Å²) < 4.78 is 139. The number of fused-ring (bicyclic) bond motifs is 3. The predicted octanol–water partition coefficient (Wildman–Crippen LogP) is 8.13. The highest BCUT2D eigenvalue weighted by Gasteiger charge is 2.47. The molecule has 3 heterocycles. The Morgan fingerprint density at radius 1 is 0.568 bits per heavy atom. The Morgan fingerprint density at radius 3 is 1.82 bits per heavy atom. The largest absolute Gasteiger partial charge is 0.481 e. The van der Waals surface area contributed by atoms with E-state index in [1.807, 2.05) is 73.6 Å². The maximum atomic E-state index is 14.7. The number of aliphatic carboxylic acids is 3. The fraction of sp³-hybridized carbons (Fsp3) is 0.474. The smallest absolute Gasteiger partial charge is 0.326 e. The van der Waals surface area contributed by atoms with Gasteiger partial charge in [0, 0.05) is 95.3 Å². The second-order valence-corrected chi connectivity index (χ2v) is 43.3. The summed E-state index contributed by atoms with van der Waals surface area (Å²) in [6.45, 7) is 12.9. The molecule has 0 radical (unpaired) electrons. The van der Waals surface area contributed by atoms with E-state index in [0.717, 1.165) is 48.9 Å². The maximum Gasteiger partial charge on any atom is 0.326 e. The van der Waals surface area contributed by atoms with E-state index in [1.54, 1.807) is 69.3 Å². The lowest BCUT2D eigenvalue weighted by atomic mass is 9.79. The van der Waals surface area contributed by atoms with E-state index < -0.39 is 183 Å². The van der Waals surface area contributed by atoms with Crippen molar-refractivity contribution in [3.05, 3.63) is 178 Å². The fourth-order valence-corrected chi connectivity index (χ4v) is 20.1. The SMILES string of the molecule is CC(C)(C)C(=O)CN1C(=O)[C@H](NC(=O)Nc2cccc(C(=O)N[C@@H](CCC(=O)O)C(=O)N[C@@H](CCCNC(N)N)C(=O)N[C@H](CC(=O)O)C(=O)N[C@@H](CCCCNC(=O)c3ccc(C4=C(/C=C/C5=[N+](CCCCS(=O)(=O)O)c6ccc(S(=O)(=O)O)cc6C5(C)C)CCC/C4=C\C=C4\N(CCCCS(=O)(=O)O)c5cc(S(=O)(=O)O)ccc5C4(C)C)cc3)C(=O)O)c2)CN(C2CCCCC2)c2ccccc21. The normalized spacial score (nSPS) is 17.8. The third kappa shape index (κ3) is 29.8. The van der Waals surface area contributed by atoms with E-state index in [4.69, 9.17) is 11.5 Å². The van der Waals surface area contributed by atoms with Crippen molar-refractivity contribution in [3.63, 3.8) is 0 Å². The quantitative estimate of drug-likeness (QED) is 0.00756. The van der Waals surface area contributed by atoms with Gasteiger partial charge in [0.1, 0.15) is 43.0 Å². The Labute approximate surface area is 808 Å². The molecule has 3 aliphatic heterocycles. The van der Waals surface area contributed by atoms with Crippen molar-refractivity contribution in [2.75, 3.05) is 70.8 Å². The number of nitrogens with two attached hydrogens (primary N) is 2. The fourth-order valence-electron chi connectivity index (χ4n) is 17.9. The van der Waals surface area contributed by atoms with Crippen LogP contribution in [0.3, 0.4) is 0 Å². The number of Topliss-reactive ketones (excluding diaryl/α,β-unsaturated/α-hetero) is 1. The highest BCUT2D eigenvalue weighted by atomic mass is 32.2. The van der Waals surface area contributed by atoms with Crippen LogP contribution in [0.15, 0.2) is 160 Å². The standard InChI is InChI=1S/C95H124N14O26S4/c1-93(2,3)80(110)57-109-76-31-12-11-30-75(76)108(64-26-9-8-10-27-64)56-73(89(109)120)105-92(123)100-63-25-20-24-62(52-63)85(116)101-70(41-45-81(111)112)87(118)102-69(29-21-47-99-91(96)97)86(117)104-72(55-82(113)114)88(119)103-71(90(121)122)28-13-14-46-98-84(115)61-34-32-60(33-35-61)83-58(36-43-78-94(4,5)67-40-38-66(139(133,134)135)54-77(67)107(78)49-16-18-51-137(127,128)129)22-19-23-59(83)37-44-79-95(6,7)68-53-65(138(130,131)132)39-42-74(68)106(79)48-15-17-50-136(124,125)126/h11-12,20,24-25,30-40,42-44,52-54,64,69-73,91,99H,8-10,13-19,21-23,26-29,41,45-51,55-57,96-97H2,1-7H3,(H13-,98,100,101,102,103,104,105,111,112,113,114,115,116,117,118,119,121,122,123,124,125,126,127,128,129,130,131,132,133,134,135)/p+1/t69-,70-,71-,72+,73+/m0/s1. The molecule has 5 aromatic carbocycles. The number of nitrogens with zero attached hydrogens (tertiary/aromatic N) is 4. The second-order valence-electron chi connectivity index (χ2n) is 37.4. The summed E-state index contributed by atoms with van der Waals surface area (Å²) in [5, 5.41) is 50.9. The summed E-state index contributed by atoms with van der Waals surface area (Å²) in [6, 6.07) is 18.5. The van der Waals surface area contributed by atoms with Crippen LogP contribution in [0.4, 0.5) is 33.2 Å². The summed E-state index contributed by atoms with van der Waals surface area (Å²) in [5.41, 5.74) is 16.5. The Morgan fingerprint density at radius 2 is 1.19 bits per heavy atom. The number of para-hydroxylation sites is 2. The zero-order valence-electron chi connectivity index (χ0n) is 78.5. The molecule has 754 valence electrons. The van der Waals surface area contributed by atoms with E-state index >= 15 is 0 Å². The summed E-state index contributed by atoms with van der Waals surface area (Å²) in [6.07, 6.45) is 10.4. The first kappa shape index (κ1) is 109. The number of unbranched alkanes of at least 4 members (excludes halogenated alkanes) is 3. The van der Waals surface area contributed by atoms with Crippen LogP contribution >= 0.6 is 0 Å². The van der Waals surface area contributed by atoms with Crippen molar-refractivity contribution in [2.24, 2.45) is 16.9 Å². The van der Waals surface area contributed by atoms with E-state index in [1.165, 1.54) is 53.4 Å². The number of ketones is 1. The average molecular weight is 2010 g/mol. The summed E-state index contributed by atoms with van der Waals surface area (Å²) in [7, 11) is -18.1. The molecule has 5 aromatic rings. The van der Waals surface area contributed by atoms with Gasteiger partial charge in [-0.05, 0) is 211 Å². The summed E-state index contributed by atoms with van der Waals surface area (Å²) in [5.74, 6) is -11.5. The van der Waals surface area contributed by atoms with Gasteiger partial charge in [0.05, 0.1) is 51.1 Å². The van der Waals surface area contributed by atoms with Crippen molar-refractivity contribution < 1.29 is 125 Å². The molecule has 1 fully saturated rings. The number of amides is 8. The van der Waals surface area contributed by atoms with Gasteiger partial charge in [-0.15, -0.1) is 0 Å². The van der Waals surface area contributed by atoms with Gasteiger partial charge in [-0.1, -0.05) is 102 Å². The first-order valence-corrected chi connectivity index (χ1v) is 52.1. The van der Waals surface area contributed by atoms with E-state index in [-0.39, 0.29) is 135 Å². The van der Waals surface area contributed by atoms with Gasteiger partial charge in [-0.2, -0.15) is 38.2 Å². The van der Waals surface area contributed by atoms with Crippen LogP contribution in [0, 0.1) is 5.41 Å². The molecule has 8 amide bonds. The third-order valence-electron chi connectivity index (χ3n) is 25.3. The molecule has 0 bridgehead atoms. The van der Waals surface area contributed by atoms with Gasteiger partial charge >= 0.3 is 23.9 Å². The Kier molecular flexibility index (Phi) is 36.8. The highest BCUT2D eigenvalue weighted by Crippen LogP contribution is 2.50. The van der Waals surface area contributed by atoms with E-state index in [2.05, 4.69) is 47.4 Å². The molecule has 40 nitrogen and oxygen atoms in total. The minimum Gasteiger partial charge on any atom is -0.481 e. The summed E-state index contributed by atoms with van der Waals surface area (Å²) >= 11 is 0. The van der Waals surface area contributed by atoms with Crippen LogP contribution in [0.1, 0.15) is 214 Å². The molecule has 2 aliphatic carbocycles. The molecular formula is C95H125N14O26S4+. The number of carboxylic acid groups (broad SMARTS) is 3. The third-order valence-corrected chi connectivity index (χ3v) is 28.6. The number of hydrogen-bond donors (Lipinski definition) is 17. The van der Waals surface area contributed by atoms with Crippen molar-refractivity contribution in [1.29, 1.82) is 0 Å². The zero-order chi connectivity index (χ0) is 102. The molecule has 19 N–H and O–H groups in total. The van der Waals surface area contributed by atoms with Crippen molar-refractivity contribution in [1.82, 2.24) is 37.2 Å². The molecule has 0 saturated heterocycles. The molecule has 1 saturated carbocycles. The summed E-state index contributed by atoms with van der Waals surface area (Å²) in [4.78, 5) is 156. The molecular weight excluding hydrogens is 1880 g/mol. The number of carboxylic acids is 3. The highest BCUT2D eigenvalue weighted by molar-refractivity contribution is 7.86. The number of urea groups is 1. The monoisotopic (exact) mass is 2010 g/mol. The van der Waals surface area contributed by atoms with Gasteiger partial charge in [0.2, 0.25) is 23.4 Å². The first-order valence-electron chi connectivity index (χ1n) is 46.0. The van der Waals surface area contributed by atoms with Crippen LogP contribution in [0.5, 0.6) is 0 Å². The Bertz CT molecular complexity index is 6140. The van der Waals surface area contributed by atoms with Gasteiger partial charge in [0.25, 0.3) is 58.2 Å². The van der Waals surface area contributed by atoms with Crippen molar-refractivity contribution >= 4 is 145 Å². The Hall–Kier alpha value is -12.0. The molecule has 0 aromatic heterocycles. The lowest BCUT2D eigenvalue weighted by Crippen LogP contribution is -2.58. The Balaban J connectivity index is 0.828. The lowest BCUT2D eigenvalue weighted by Gasteiger charge is -2.37. The van der Waals surface area contributed by atoms with E-state index in [0.29, 0.717) is 70.0 Å². The van der Waals surface area contributed by atoms with Crippen LogP contribution in [0.25, 0.3) is 5.57 Å². The lowest BCUT2D eigenvalue weighted by molar-refractivity contribution is -0.438. The van der Waals surface area contributed by atoms with Crippen LogP contribution in [0.2, 0.25) is 0 Å². The number of anilines is 4. The molecule has 5 aliphatic rings. The average Bonchev–Trinajstić information content (AvgIpc) is 1.59. The molecule has 44 heteroatoms. The minimum atomic E-state index is -4.71. The van der Waals surface area contributed by atoms with Crippen LogP contribution in [-0.4, -0.2) is 236 Å². The minimum absolute atomic E-state index is 0.00726. The number of allylic oxidation sites excluding steroid dienone is 8. The van der Waals surface area contributed by atoms with Crippen LogP contribution < -0.4 is 68.7 Å². The molecule has 0 unspecified atom stereocenters. The number of carbonyl (C=O) groups excluding carboxylic acids is 8. The second kappa shape index (κ2) is 46.9. The van der Waals surface area contributed by atoms with Gasteiger partial charge in [-0.25, -0.2) is 9.59 Å².